The van der Waals surface area contributed by atoms with Gasteiger partial charge in [-0.3, -0.25) is 4.79 Å². The summed E-state index contributed by atoms with van der Waals surface area (Å²) in [7, 11) is 0. The van der Waals surface area contributed by atoms with Crippen LogP contribution in [0, 0.1) is 6.92 Å². The van der Waals surface area contributed by atoms with E-state index in [1.807, 2.05) is 48.4 Å². The third kappa shape index (κ3) is 2.76. The van der Waals surface area contributed by atoms with Crippen molar-refractivity contribution in [3.63, 3.8) is 0 Å². The number of carbonyl (C=O) groups is 1. The van der Waals surface area contributed by atoms with E-state index in [0.717, 1.165) is 29.7 Å². The van der Waals surface area contributed by atoms with E-state index in [1.54, 1.807) is 0 Å². The molecule has 5 heteroatoms. The zero-order chi connectivity index (χ0) is 14.7. The normalized spacial score (nSPS) is 10.9. The Morgan fingerprint density at radius 1 is 1.35 bits per heavy atom. The number of aryl methyl sites for hydroxylation is 2. The van der Waals surface area contributed by atoms with Crippen molar-refractivity contribution in [3.05, 3.63) is 23.8 Å². The van der Waals surface area contributed by atoms with Gasteiger partial charge in [0.25, 0.3) is 0 Å². The molecule has 1 aromatic heterocycles. The summed E-state index contributed by atoms with van der Waals surface area (Å²) in [6.45, 7) is 8.07. The smallest absolute Gasteiger partial charge is 0.224 e. The molecule has 2 aromatic rings. The van der Waals surface area contributed by atoms with E-state index in [1.165, 1.54) is 0 Å². The lowest BCUT2D eigenvalue weighted by atomic mass is 10.2. The summed E-state index contributed by atoms with van der Waals surface area (Å²) in [4.78, 5) is 18.2. The van der Waals surface area contributed by atoms with Crippen LogP contribution in [-0.2, 0) is 11.3 Å². The minimum absolute atomic E-state index is 0.156. The summed E-state index contributed by atoms with van der Waals surface area (Å²) in [5.41, 5.74) is 8.99. The Bertz CT molecular complexity index is 614. The van der Waals surface area contributed by atoms with Crippen molar-refractivity contribution in [3.8, 4) is 0 Å². The fourth-order valence-electron chi connectivity index (χ4n) is 2.44. The van der Waals surface area contributed by atoms with Crippen molar-refractivity contribution < 1.29 is 4.79 Å². The number of nitrogen functional groups attached to an aromatic ring is 1. The number of aromatic nitrogens is 2. The Labute approximate surface area is 119 Å². The molecule has 20 heavy (non-hydrogen) atoms. The number of hydrogen-bond donors (Lipinski definition) is 1. The fourth-order valence-corrected chi connectivity index (χ4v) is 2.44. The van der Waals surface area contributed by atoms with Gasteiger partial charge in [-0.25, -0.2) is 4.98 Å². The molecule has 0 fully saturated rings. The Balaban J connectivity index is 2.18. The van der Waals surface area contributed by atoms with E-state index >= 15 is 0 Å². The second-order valence-electron chi connectivity index (χ2n) is 4.93. The van der Waals surface area contributed by atoms with Crippen molar-refractivity contribution in [1.29, 1.82) is 0 Å². The van der Waals surface area contributed by atoms with Crippen LogP contribution in [0.5, 0.6) is 0 Å². The van der Waals surface area contributed by atoms with Crippen LogP contribution in [0.1, 0.15) is 25.8 Å². The standard InChI is InChI=1S/C15H22N4O/c1-4-18(5-2)14(20)8-9-19-13-7-6-11(3)10-12(13)17-15(19)16/h6-7,10H,4-5,8-9H2,1-3H3,(H2,16,17). The molecule has 0 spiro atoms. The zero-order valence-corrected chi connectivity index (χ0v) is 12.4. The predicted octanol–water partition coefficient (Wildman–Crippen LogP) is 2.19. The van der Waals surface area contributed by atoms with Gasteiger partial charge < -0.3 is 15.2 Å². The predicted molar refractivity (Wildman–Crippen MR) is 81.4 cm³/mol. The number of rotatable bonds is 5. The van der Waals surface area contributed by atoms with Crippen LogP contribution in [-0.4, -0.2) is 33.4 Å². The van der Waals surface area contributed by atoms with Gasteiger partial charge >= 0.3 is 0 Å². The number of anilines is 1. The lowest BCUT2D eigenvalue weighted by Gasteiger charge is -2.18. The Kier molecular flexibility index (Phi) is 4.27. The molecule has 0 aliphatic rings. The number of nitrogens with zero attached hydrogens (tertiary/aromatic N) is 3. The van der Waals surface area contributed by atoms with E-state index in [9.17, 15) is 4.79 Å². The highest BCUT2D eigenvalue weighted by Crippen LogP contribution is 2.19. The molecule has 1 amide bonds. The van der Waals surface area contributed by atoms with E-state index in [2.05, 4.69) is 4.98 Å². The molecule has 0 radical (unpaired) electrons. The minimum atomic E-state index is 0.156. The third-order valence-electron chi connectivity index (χ3n) is 3.60. The van der Waals surface area contributed by atoms with Crippen molar-refractivity contribution in [1.82, 2.24) is 14.5 Å². The highest BCUT2D eigenvalue weighted by molar-refractivity contribution is 5.80. The third-order valence-corrected chi connectivity index (χ3v) is 3.60. The van der Waals surface area contributed by atoms with Crippen LogP contribution >= 0.6 is 0 Å². The molecular weight excluding hydrogens is 252 g/mol. The molecule has 1 aromatic carbocycles. The first-order chi connectivity index (χ1) is 9.56. The van der Waals surface area contributed by atoms with Gasteiger partial charge in [0, 0.05) is 26.1 Å². The highest BCUT2D eigenvalue weighted by atomic mass is 16.2. The number of benzene rings is 1. The van der Waals surface area contributed by atoms with Gasteiger partial charge in [0.2, 0.25) is 11.9 Å². The SMILES string of the molecule is CCN(CC)C(=O)CCn1c(N)nc2cc(C)ccc21. The van der Waals surface area contributed by atoms with Crippen molar-refractivity contribution >= 4 is 22.9 Å². The van der Waals surface area contributed by atoms with Gasteiger partial charge in [-0.1, -0.05) is 6.07 Å². The number of hydrogen-bond acceptors (Lipinski definition) is 3. The Morgan fingerprint density at radius 2 is 2.05 bits per heavy atom. The number of amides is 1. The first kappa shape index (κ1) is 14.4. The van der Waals surface area contributed by atoms with Crippen molar-refractivity contribution in [2.45, 2.75) is 33.7 Å². The Hall–Kier alpha value is -2.04. The van der Waals surface area contributed by atoms with E-state index in [0.29, 0.717) is 18.9 Å². The maximum atomic E-state index is 12.1. The van der Waals surface area contributed by atoms with Gasteiger partial charge in [0.05, 0.1) is 11.0 Å². The first-order valence-electron chi connectivity index (χ1n) is 7.07. The lowest BCUT2D eigenvalue weighted by Crippen LogP contribution is -2.31. The molecule has 0 aliphatic carbocycles. The van der Waals surface area contributed by atoms with Gasteiger partial charge in [0.1, 0.15) is 0 Å². The van der Waals surface area contributed by atoms with E-state index in [-0.39, 0.29) is 5.91 Å². The molecule has 2 N–H and O–H groups in total. The summed E-state index contributed by atoms with van der Waals surface area (Å²) in [6, 6.07) is 6.05. The van der Waals surface area contributed by atoms with Crippen LogP contribution < -0.4 is 5.73 Å². The molecule has 2 rings (SSSR count). The maximum absolute atomic E-state index is 12.1. The van der Waals surface area contributed by atoms with Gasteiger partial charge in [-0.05, 0) is 38.5 Å². The average Bonchev–Trinajstić information content (AvgIpc) is 2.72. The molecule has 0 bridgehead atoms. The topological polar surface area (TPSA) is 64.2 Å². The van der Waals surface area contributed by atoms with Gasteiger partial charge in [-0.15, -0.1) is 0 Å². The number of carbonyl (C=O) groups excluding carboxylic acids is 1. The van der Waals surface area contributed by atoms with E-state index < -0.39 is 0 Å². The fraction of sp³-hybridized carbons (Fsp3) is 0.467. The lowest BCUT2D eigenvalue weighted by molar-refractivity contribution is -0.131. The largest absolute Gasteiger partial charge is 0.369 e. The van der Waals surface area contributed by atoms with E-state index in [4.69, 9.17) is 5.73 Å². The minimum Gasteiger partial charge on any atom is -0.369 e. The van der Waals surface area contributed by atoms with Crippen molar-refractivity contribution in [2.75, 3.05) is 18.8 Å². The molecule has 1 heterocycles. The second kappa shape index (κ2) is 5.94. The maximum Gasteiger partial charge on any atom is 0.224 e. The summed E-state index contributed by atoms with van der Waals surface area (Å²) >= 11 is 0. The number of imidazole rings is 1. The van der Waals surface area contributed by atoms with Crippen LogP contribution in [0.15, 0.2) is 18.2 Å². The molecule has 0 aliphatic heterocycles. The molecule has 5 nitrogen and oxygen atoms in total. The van der Waals surface area contributed by atoms with Crippen LogP contribution in [0.2, 0.25) is 0 Å². The summed E-state index contributed by atoms with van der Waals surface area (Å²) < 4.78 is 1.91. The van der Waals surface area contributed by atoms with Crippen molar-refractivity contribution in [2.24, 2.45) is 0 Å². The molecule has 0 saturated heterocycles. The van der Waals surface area contributed by atoms with Crippen LogP contribution in [0.3, 0.4) is 0 Å². The van der Waals surface area contributed by atoms with Crippen LogP contribution in [0.25, 0.3) is 11.0 Å². The first-order valence-corrected chi connectivity index (χ1v) is 7.07. The molecular formula is C15H22N4O. The monoisotopic (exact) mass is 274 g/mol. The van der Waals surface area contributed by atoms with Crippen LogP contribution in [0.4, 0.5) is 5.95 Å². The van der Waals surface area contributed by atoms with Gasteiger partial charge in [0.15, 0.2) is 0 Å². The molecule has 0 saturated carbocycles. The summed E-state index contributed by atoms with van der Waals surface area (Å²) in [6.07, 6.45) is 0.450. The average molecular weight is 274 g/mol. The van der Waals surface area contributed by atoms with Gasteiger partial charge in [-0.2, -0.15) is 0 Å². The zero-order valence-electron chi connectivity index (χ0n) is 12.4. The molecule has 108 valence electrons. The number of fused-ring (bicyclic) bond motifs is 1. The molecule has 0 unspecified atom stereocenters. The molecule has 0 atom stereocenters. The summed E-state index contributed by atoms with van der Waals surface area (Å²) in [5, 5.41) is 0. The summed E-state index contributed by atoms with van der Waals surface area (Å²) in [5.74, 6) is 0.626. The second-order valence-corrected chi connectivity index (χ2v) is 4.93. The Morgan fingerprint density at radius 3 is 2.70 bits per heavy atom. The quantitative estimate of drug-likeness (QED) is 0.909. The highest BCUT2D eigenvalue weighted by Gasteiger charge is 2.13. The number of nitrogens with two attached hydrogens (primary N) is 1.